The summed E-state index contributed by atoms with van der Waals surface area (Å²) >= 11 is 0. The lowest BCUT2D eigenvalue weighted by Gasteiger charge is -2.34. The van der Waals surface area contributed by atoms with Crippen molar-refractivity contribution in [3.05, 3.63) is 77.4 Å². The standard InChI is InChI=1S/C22H24FN5O/c1-16-24-25-26-28(16)21(15-17-7-9-20(23)10-8-17)22(29)27-13-11-19(12-14-27)18-5-3-2-4-6-18/h2-10,19,21H,11-15H2,1H3/t21-/m1/s1. The number of carbonyl (C=O) groups is 1. The molecule has 1 atom stereocenters. The van der Waals surface area contributed by atoms with E-state index in [1.807, 2.05) is 11.0 Å². The Morgan fingerprint density at radius 2 is 1.79 bits per heavy atom. The number of nitrogens with zero attached hydrogens (tertiary/aromatic N) is 5. The number of likely N-dealkylation sites (tertiary alicyclic amines) is 1. The van der Waals surface area contributed by atoms with Gasteiger partial charge in [0, 0.05) is 19.5 Å². The molecular formula is C22H24FN5O. The average molecular weight is 393 g/mol. The fraction of sp³-hybridized carbons (Fsp3) is 0.364. The lowest BCUT2D eigenvalue weighted by Crippen LogP contribution is -2.43. The zero-order valence-electron chi connectivity index (χ0n) is 16.4. The van der Waals surface area contributed by atoms with E-state index in [9.17, 15) is 9.18 Å². The number of hydrogen-bond acceptors (Lipinski definition) is 4. The third-order valence-electron chi connectivity index (χ3n) is 5.66. The van der Waals surface area contributed by atoms with Crippen LogP contribution in [0.2, 0.25) is 0 Å². The van der Waals surface area contributed by atoms with Crippen molar-refractivity contribution in [2.75, 3.05) is 13.1 Å². The number of aryl methyl sites for hydroxylation is 1. The van der Waals surface area contributed by atoms with E-state index in [1.54, 1.807) is 23.7 Å². The zero-order valence-corrected chi connectivity index (χ0v) is 16.4. The highest BCUT2D eigenvalue weighted by Gasteiger charge is 2.31. The molecule has 1 amide bonds. The van der Waals surface area contributed by atoms with Gasteiger partial charge in [-0.25, -0.2) is 9.07 Å². The van der Waals surface area contributed by atoms with E-state index in [-0.39, 0.29) is 11.7 Å². The largest absolute Gasteiger partial charge is 0.341 e. The minimum Gasteiger partial charge on any atom is -0.341 e. The van der Waals surface area contributed by atoms with Crippen molar-refractivity contribution in [1.29, 1.82) is 0 Å². The molecule has 0 bridgehead atoms. The van der Waals surface area contributed by atoms with E-state index < -0.39 is 6.04 Å². The number of halogens is 1. The van der Waals surface area contributed by atoms with Crippen molar-refractivity contribution in [3.8, 4) is 0 Å². The molecule has 150 valence electrons. The first-order chi connectivity index (χ1) is 14.1. The van der Waals surface area contributed by atoms with Crippen LogP contribution in [0.25, 0.3) is 0 Å². The second kappa shape index (κ2) is 8.51. The first-order valence-corrected chi connectivity index (χ1v) is 9.94. The van der Waals surface area contributed by atoms with E-state index in [0.717, 1.165) is 18.4 Å². The van der Waals surface area contributed by atoms with Gasteiger partial charge in [0.05, 0.1) is 0 Å². The third kappa shape index (κ3) is 4.34. The van der Waals surface area contributed by atoms with E-state index in [0.29, 0.717) is 31.3 Å². The van der Waals surface area contributed by atoms with Crippen molar-refractivity contribution >= 4 is 5.91 Å². The molecule has 1 aliphatic heterocycles. The summed E-state index contributed by atoms with van der Waals surface area (Å²) in [5, 5.41) is 11.7. The molecule has 0 radical (unpaired) electrons. The predicted molar refractivity (Wildman–Crippen MR) is 107 cm³/mol. The molecule has 29 heavy (non-hydrogen) atoms. The molecule has 7 heteroatoms. The summed E-state index contributed by atoms with van der Waals surface area (Å²) in [6.45, 7) is 3.20. The maximum atomic E-state index is 13.4. The van der Waals surface area contributed by atoms with Crippen LogP contribution in [-0.4, -0.2) is 44.1 Å². The fourth-order valence-electron chi connectivity index (χ4n) is 4.02. The molecule has 2 aromatic carbocycles. The van der Waals surface area contributed by atoms with Crippen molar-refractivity contribution in [2.45, 2.75) is 38.1 Å². The van der Waals surface area contributed by atoms with Gasteiger partial charge < -0.3 is 4.90 Å². The Hall–Kier alpha value is -3.09. The Morgan fingerprint density at radius 3 is 2.41 bits per heavy atom. The van der Waals surface area contributed by atoms with Crippen LogP contribution in [0, 0.1) is 12.7 Å². The second-order valence-electron chi connectivity index (χ2n) is 7.53. The lowest BCUT2D eigenvalue weighted by atomic mass is 9.89. The maximum absolute atomic E-state index is 13.4. The summed E-state index contributed by atoms with van der Waals surface area (Å²) in [6.07, 6.45) is 2.30. The van der Waals surface area contributed by atoms with Crippen molar-refractivity contribution < 1.29 is 9.18 Å². The molecule has 0 unspecified atom stereocenters. The van der Waals surface area contributed by atoms with Crippen LogP contribution in [0.15, 0.2) is 54.6 Å². The quantitative estimate of drug-likeness (QED) is 0.667. The van der Waals surface area contributed by atoms with E-state index in [4.69, 9.17) is 0 Å². The molecular weight excluding hydrogens is 369 g/mol. The smallest absolute Gasteiger partial charge is 0.247 e. The molecule has 2 heterocycles. The van der Waals surface area contributed by atoms with Gasteiger partial charge in [0.1, 0.15) is 17.7 Å². The zero-order chi connectivity index (χ0) is 20.2. The summed E-state index contributed by atoms with van der Waals surface area (Å²) in [6, 6.07) is 16.2. The molecule has 1 saturated heterocycles. The van der Waals surface area contributed by atoms with E-state index >= 15 is 0 Å². The Bertz CT molecular complexity index is 949. The van der Waals surface area contributed by atoms with Gasteiger partial charge in [0.25, 0.3) is 0 Å². The van der Waals surface area contributed by atoms with Crippen molar-refractivity contribution in [3.63, 3.8) is 0 Å². The third-order valence-corrected chi connectivity index (χ3v) is 5.66. The first kappa shape index (κ1) is 19.2. The first-order valence-electron chi connectivity index (χ1n) is 9.94. The van der Waals surface area contributed by atoms with Crippen LogP contribution in [0.3, 0.4) is 0 Å². The summed E-state index contributed by atoms with van der Waals surface area (Å²) < 4.78 is 14.9. The molecule has 1 aromatic heterocycles. The van der Waals surface area contributed by atoms with Gasteiger partial charge in [0.15, 0.2) is 0 Å². The van der Waals surface area contributed by atoms with Crippen molar-refractivity contribution in [2.24, 2.45) is 0 Å². The number of rotatable bonds is 5. The maximum Gasteiger partial charge on any atom is 0.247 e. The van der Waals surface area contributed by atoms with E-state index in [2.05, 4.69) is 39.8 Å². The number of hydrogen-bond donors (Lipinski definition) is 0. The van der Waals surface area contributed by atoms with Crippen LogP contribution < -0.4 is 0 Å². The Kier molecular flexibility index (Phi) is 5.64. The minimum atomic E-state index is -0.538. The highest BCUT2D eigenvalue weighted by molar-refractivity contribution is 5.81. The summed E-state index contributed by atoms with van der Waals surface area (Å²) in [7, 11) is 0. The predicted octanol–water partition coefficient (Wildman–Crippen LogP) is 3.31. The highest BCUT2D eigenvalue weighted by Crippen LogP contribution is 2.29. The topological polar surface area (TPSA) is 63.9 Å². The van der Waals surface area contributed by atoms with Crippen LogP contribution in [-0.2, 0) is 11.2 Å². The molecule has 4 rings (SSSR count). The highest BCUT2D eigenvalue weighted by atomic mass is 19.1. The number of aromatic nitrogens is 4. The summed E-state index contributed by atoms with van der Waals surface area (Å²) in [4.78, 5) is 15.3. The van der Waals surface area contributed by atoms with Gasteiger partial charge in [-0.05, 0) is 59.4 Å². The van der Waals surface area contributed by atoms with Gasteiger partial charge in [0.2, 0.25) is 5.91 Å². The Labute approximate surface area is 169 Å². The molecule has 0 spiro atoms. The summed E-state index contributed by atoms with van der Waals surface area (Å²) in [5.74, 6) is 0.782. The number of carbonyl (C=O) groups excluding carboxylic acids is 1. The Balaban J connectivity index is 1.50. The number of benzene rings is 2. The second-order valence-corrected chi connectivity index (χ2v) is 7.53. The number of piperidine rings is 1. The molecule has 1 fully saturated rings. The van der Waals surface area contributed by atoms with E-state index in [1.165, 1.54) is 17.7 Å². The van der Waals surface area contributed by atoms with Crippen LogP contribution in [0.4, 0.5) is 4.39 Å². The monoisotopic (exact) mass is 393 g/mol. The molecule has 3 aromatic rings. The minimum absolute atomic E-state index is 0.0104. The molecule has 0 N–H and O–H groups in total. The summed E-state index contributed by atoms with van der Waals surface area (Å²) in [5.41, 5.74) is 2.21. The van der Waals surface area contributed by atoms with Crippen LogP contribution >= 0.6 is 0 Å². The number of tetrazole rings is 1. The average Bonchev–Trinajstić information content (AvgIpc) is 3.19. The molecule has 0 saturated carbocycles. The molecule has 1 aliphatic rings. The molecule has 6 nitrogen and oxygen atoms in total. The Morgan fingerprint density at radius 1 is 1.10 bits per heavy atom. The van der Waals surface area contributed by atoms with Gasteiger partial charge >= 0.3 is 0 Å². The fourth-order valence-corrected chi connectivity index (χ4v) is 4.02. The van der Waals surface area contributed by atoms with Gasteiger partial charge in [-0.2, -0.15) is 0 Å². The number of amides is 1. The van der Waals surface area contributed by atoms with Gasteiger partial charge in [-0.1, -0.05) is 42.5 Å². The molecule has 0 aliphatic carbocycles. The van der Waals surface area contributed by atoms with Crippen molar-refractivity contribution in [1.82, 2.24) is 25.1 Å². The van der Waals surface area contributed by atoms with Crippen LogP contribution in [0.1, 0.15) is 41.8 Å². The SMILES string of the molecule is Cc1nnnn1[C@H](Cc1ccc(F)cc1)C(=O)N1CCC(c2ccccc2)CC1. The van der Waals surface area contributed by atoms with Gasteiger partial charge in [-0.15, -0.1) is 5.10 Å². The lowest BCUT2D eigenvalue weighted by molar-refractivity contribution is -0.136. The van der Waals surface area contributed by atoms with Gasteiger partial charge in [-0.3, -0.25) is 4.79 Å². The normalized spacial score (nSPS) is 16.0. The van der Waals surface area contributed by atoms with Crippen LogP contribution in [0.5, 0.6) is 0 Å².